The van der Waals surface area contributed by atoms with Gasteiger partial charge < -0.3 is 10.6 Å². The van der Waals surface area contributed by atoms with Gasteiger partial charge in [-0.2, -0.15) is 5.10 Å². The standard InChI is InChI=1S/C12H21N5O2/c1-9-11(17(18)19)12(15(2)14-9)16-8-4-3-5-10(16)6-7-13/h10H,3-8,13H2,1-2H3. The lowest BCUT2D eigenvalue weighted by Crippen LogP contribution is -2.42. The van der Waals surface area contributed by atoms with Crippen molar-refractivity contribution >= 4 is 11.5 Å². The topological polar surface area (TPSA) is 90.2 Å². The Kier molecular flexibility index (Phi) is 4.04. The summed E-state index contributed by atoms with van der Waals surface area (Å²) in [5, 5.41) is 15.5. The number of rotatable bonds is 4. The zero-order valence-electron chi connectivity index (χ0n) is 11.5. The second-order valence-electron chi connectivity index (χ2n) is 5.06. The molecule has 1 aromatic rings. The van der Waals surface area contributed by atoms with Crippen LogP contribution < -0.4 is 10.6 Å². The molecule has 1 aliphatic rings. The van der Waals surface area contributed by atoms with E-state index in [4.69, 9.17) is 5.73 Å². The van der Waals surface area contributed by atoms with Crippen LogP contribution in [0.3, 0.4) is 0 Å². The summed E-state index contributed by atoms with van der Waals surface area (Å²) < 4.78 is 1.63. The van der Waals surface area contributed by atoms with Gasteiger partial charge in [-0.25, -0.2) is 4.68 Å². The molecular formula is C12H21N5O2. The number of hydrogen-bond donors (Lipinski definition) is 1. The van der Waals surface area contributed by atoms with Crippen LogP contribution in [-0.2, 0) is 7.05 Å². The SMILES string of the molecule is Cc1nn(C)c(N2CCCCC2CCN)c1[N+](=O)[O-]. The Morgan fingerprint density at radius 2 is 2.26 bits per heavy atom. The van der Waals surface area contributed by atoms with Gasteiger partial charge in [-0.05, 0) is 39.2 Å². The largest absolute Gasteiger partial charge is 0.348 e. The van der Waals surface area contributed by atoms with E-state index < -0.39 is 0 Å². The summed E-state index contributed by atoms with van der Waals surface area (Å²) in [7, 11) is 1.77. The minimum atomic E-state index is -0.328. The maximum Gasteiger partial charge on any atom is 0.333 e. The van der Waals surface area contributed by atoms with Crippen LogP contribution in [0.5, 0.6) is 0 Å². The smallest absolute Gasteiger partial charge is 0.333 e. The molecule has 0 aromatic carbocycles. The molecule has 0 aliphatic carbocycles. The summed E-state index contributed by atoms with van der Waals surface area (Å²) >= 11 is 0. The molecule has 0 spiro atoms. The Labute approximate surface area is 112 Å². The van der Waals surface area contributed by atoms with E-state index >= 15 is 0 Å². The third kappa shape index (κ3) is 2.56. The number of piperidine rings is 1. The number of nitro groups is 1. The van der Waals surface area contributed by atoms with Crippen molar-refractivity contribution < 1.29 is 4.92 Å². The molecule has 1 aliphatic heterocycles. The van der Waals surface area contributed by atoms with Crippen molar-refractivity contribution in [3.63, 3.8) is 0 Å². The highest BCUT2D eigenvalue weighted by Gasteiger charge is 2.33. The minimum absolute atomic E-state index is 0.131. The maximum absolute atomic E-state index is 11.3. The molecule has 0 saturated carbocycles. The Hall–Kier alpha value is -1.63. The number of aromatic nitrogens is 2. The van der Waals surface area contributed by atoms with Crippen LogP contribution in [0.25, 0.3) is 0 Å². The Bertz CT molecular complexity index is 469. The van der Waals surface area contributed by atoms with Gasteiger partial charge in [0.05, 0.1) is 4.92 Å². The van der Waals surface area contributed by atoms with Crippen LogP contribution in [0.1, 0.15) is 31.4 Å². The average molecular weight is 267 g/mol. The first-order valence-corrected chi connectivity index (χ1v) is 6.71. The fourth-order valence-electron chi connectivity index (χ4n) is 2.94. The lowest BCUT2D eigenvalue weighted by atomic mass is 9.99. The molecule has 19 heavy (non-hydrogen) atoms. The Morgan fingerprint density at radius 1 is 1.53 bits per heavy atom. The highest BCUT2D eigenvalue weighted by Crippen LogP contribution is 2.35. The highest BCUT2D eigenvalue weighted by molar-refractivity contribution is 5.62. The third-order valence-corrected chi connectivity index (χ3v) is 3.74. The van der Waals surface area contributed by atoms with Crippen molar-refractivity contribution in [3.8, 4) is 0 Å². The molecule has 106 valence electrons. The van der Waals surface area contributed by atoms with Crippen molar-refractivity contribution in [2.45, 2.75) is 38.6 Å². The Balaban J connectivity index is 2.41. The van der Waals surface area contributed by atoms with Crippen molar-refractivity contribution in [1.29, 1.82) is 0 Å². The summed E-state index contributed by atoms with van der Waals surface area (Å²) in [4.78, 5) is 13.1. The van der Waals surface area contributed by atoms with Gasteiger partial charge in [0.15, 0.2) is 0 Å². The number of aryl methyl sites for hydroxylation is 2. The summed E-state index contributed by atoms with van der Waals surface area (Å²) in [6.45, 7) is 3.12. The molecule has 2 N–H and O–H groups in total. The first kappa shape index (κ1) is 13.8. The predicted octanol–water partition coefficient (Wildman–Crippen LogP) is 1.34. The lowest BCUT2D eigenvalue weighted by Gasteiger charge is -2.36. The quantitative estimate of drug-likeness (QED) is 0.656. The van der Waals surface area contributed by atoms with E-state index in [0.29, 0.717) is 18.1 Å². The van der Waals surface area contributed by atoms with Crippen LogP contribution in [0, 0.1) is 17.0 Å². The van der Waals surface area contributed by atoms with E-state index in [0.717, 1.165) is 32.2 Å². The van der Waals surface area contributed by atoms with Gasteiger partial charge in [-0.3, -0.25) is 10.1 Å². The molecule has 1 unspecified atom stereocenters. The first-order chi connectivity index (χ1) is 9.06. The summed E-state index contributed by atoms with van der Waals surface area (Å²) in [6.07, 6.45) is 4.12. The molecule has 2 rings (SSSR count). The van der Waals surface area contributed by atoms with Gasteiger partial charge in [0, 0.05) is 19.6 Å². The van der Waals surface area contributed by atoms with Crippen LogP contribution >= 0.6 is 0 Å². The number of hydrogen-bond acceptors (Lipinski definition) is 5. The summed E-state index contributed by atoms with van der Waals surface area (Å²) in [5.41, 5.74) is 6.26. The zero-order chi connectivity index (χ0) is 14.0. The molecule has 0 amide bonds. The predicted molar refractivity (Wildman–Crippen MR) is 73.3 cm³/mol. The van der Waals surface area contributed by atoms with E-state index in [1.807, 2.05) is 0 Å². The van der Waals surface area contributed by atoms with Crippen molar-refractivity contribution in [1.82, 2.24) is 9.78 Å². The maximum atomic E-state index is 11.3. The minimum Gasteiger partial charge on any atom is -0.348 e. The van der Waals surface area contributed by atoms with E-state index in [1.54, 1.807) is 18.7 Å². The van der Waals surface area contributed by atoms with E-state index in [2.05, 4.69) is 10.00 Å². The first-order valence-electron chi connectivity index (χ1n) is 6.71. The summed E-state index contributed by atoms with van der Waals surface area (Å²) in [5.74, 6) is 0.626. The van der Waals surface area contributed by atoms with Gasteiger partial charge in [-0.1, -0.05) is 0 Å². The molecule has 2 heterocycles. The molecule has 7 nitrogen and oxygen atoms in total. The van der Waals surface area contributed by atoms with Crippen molar-refractivity contribution in [2.24, 2.45) is 12.8 Å². The molecular weight excluding hydrogens is 246 g/mol. The third-order valence-electron chi connectivity index (χ3n) is 3.74. The van der Waals surface area contributed by atoms with Gasteiger partial charge in [-0.15, -0.1) is 0 Å². The fraction of sp³-hybridized carbons (Fsp3) is 0.750. The van der Waals surface area contributed by atoms with Gasteiger partial charge in [0.25, 0.3) is 0 Å². The van der Waals surface area contributed by atoms with E-state index in [9.17, 15) is 10.1 Å². The van der Waals surface area contributed by atoms with Gasteiger partial charge in [0.2, 0.25) is 5.82 Å². The van der Waals surface area contributed by atoms with Gasteiger partial charge in [0.1, 0.15) is 5.69 Å². The molecule has 1 aromatic heterocycles. The monoisotopic (exact) mass is 267 g/mol. The average Bonchev–Trinajstić information content (AvgIpc) is 2.65. The zero-order valence-corrected chi connectivity index (χ0v) is 11.5. The number of nitrogens with two attached hydrogens (primary N) is 1. The second kappa shape index (κ2) is 5.56. The number of anilines is 1. The van der Waals surface area contributed by atoms with Gasteiger partial charge >= 0.3 is 5.69 Å². The van der Waals surface area contributed by atoms with Crippen LogP contribution in [0.2, 0.25) is 0 Å². The second-order valence-corrected chi connectivity index (χ2v) is 5.06. The van der Waals surface area contributed by atoms with Crippen molar-refractivity contribution in [3.05, 3.63) is 15.8 Å². The van der Waals surface area contributed by atoms with Crippen LogP contribution in [-0.4, -0.2) is 33.8 Å². The fourth-order valence-corrected chi connectivity index (χ4v) is 2.94. The lowest BCUT2D eigenvalue weighted by molar-refractivity contribution is -0.384. The van der Waals surface area contributed by atoms with Crippen LogP contribution in [0.15, 0.2) is 0 Å². The van der Waals surface area contributed by atoms with Crippen LogP contribution in [0.4, 0.5) is 11.5 Å². The summed E-state index contributed by atoms with van der Waals surface area (Å²) in [6, 6.07) is 0.284. The van der Waals surface area contributed by atoms with Crippen molar-refractivity contribution in [2.75, 3.05) is 18.0 Å². The molecule has 1 atom stereocenters. The molecule has 7 heteroatoms. The molecule has 0 radical (unpaired) electrons. The van der Waals surface area contributed by atoms with E-state index in [1.165, 1.54) is 0 Å². The molecule has 1 fully saturated rings. The normalized spacial score (nSPS) is 19.7. The highest BCUT2D eigenvalue weighted by atomic mass is 16.6. The Morgan fingerprint density at radius 3 is 2.89 bits per heavy atom. The number of nitrogens with zero attached hydrogens (tertiary/aromatic N) is 4. The molecule has 1 saturated heterocycles. The van der Waals surface area contributed by atoms with E-state index in [-0.39, 0.29) is 16.7 Å². The molecule has 0 bridgehead atoms.